The summed E-state index contributed by atoms with van der Waals surface area (Å²) in [5.41, 5.74) is 9.47. The summed E-state index contributed by atoms with van der Waals surface area (Å²) in [6.45, 7) is 10.4. The van der Waals surface area contributed by atoms with Gasteiger partial charge in [0.05, 0.1) is 48.0 Å². The number of nitrogens with one attached hydrogen (secondary N) is 2. The minimum absolute atomic E-state index is 0. The smallest absolute Gasteiger partial charge is 0.246 e. The quantitative estimate of drug-likeness (QED) is 0.247. The van der Waals surface area contributed by atoms with Gasteiger partial charge in [-0.3, -0.25) is 14.4 Å². The van der Waals surface area contributed by atoms with Crippen LogP contribution in [0.2, 0.25) is 0 Å². The number of nitrogens with two attached hydrogens (primary N) is 1. The number of likely N-dealkylation sites (tertiary alicyclic amines) is 1. The molecule has 4 atom stereocenters. The van der Waals surface area contributed by atoms with Crippen molar-refractivity contribution in [2.24, 2.45) is 11.1 Å². The number of amides is 3. The lowest BCUT2D eigenvalue weighted by Gasteiger charge is -2.35. The summed E-state index contributed by atoms with van der Waals surface area (Å²) < 4.78 is 10.6. The molecule has 1 fully saturated rings. The molecular formula is C29H44ClN5O6S. The molecule has 0 unspecified atom stereocenters. The van der Waals surface area contributed by atoms with Crippen molar-refractivity contribution in [3.8, 4) is 10.4 Å². The largest absolute Gasteiger partial charge is 0.391 e. The molecule has 0 saturated carbocycles. The molecule has 1 aromatic heterocycles. The van der Waals surface area contributed by atoms with Crippen LogP contribution in [0.3, 0.4) is 0 Å². The molecule has 11 nitrogen and oxygen atoms in total. The molecule has 3 amide bonds. The summed E-state index contributed by atoms with van der Waals surface area (Å²) >= 11 is 1.58. The molecule has 42 heavy (non-hydrogen) atoms. The zero-order valence-corrected chi connectivity index (χ0v) is 26.6. The number of aliphatic hydroxyl groups excluding tert-OH is 1. The van der Waals surface area contributed by atoms with Gasteiger partial charge in [0.15, 0.2) is 0 Å². The van der Waals surface area contributed by atoms with Crippen LogP contribution in [0.4, 0.5) is 0 Å². The average molecular weight is 626 g/mol. The summed E-state index contributed by atoms with van der Waals surface area (Å²) in [4.78, 5) is 46.5. The third kappa shape index (κ3) is 9.72. The van der Waals surface area contributed by atoms with Gasteiger partial charge in [-0.05, 0) is 30.4 Å². The van der Waals surface area contributed by atoms with Crippen molar-refractivity contribution < 1.29 is 29.0 Å². The van der Waals surface area contributed by atoms with Crippen LogP contribution < -0.4 is 16.4 Å². The lowest BCUT2D eigenvalue weighted by Crippen LogP contribution is -2.58. The number of carbonyl (C=O) groups is 3. The summed E-state index contributed by atoms with van der Waals surface area (Å²) in [6, 6.07) is 5.82. The maximum Gasteiger partial charge on any atom is 0.246 e. The Hall–Kier alpha value is -2.61. The first-order valence-electron chi connectivity index (χ1n) is 13.9. The lowest BCUT2D eigenvalue weighted by molar-refractivity contribution is -0.144. The molecule has 1 aromatic carbocycles. The van der Waals surface area contributed by atoms with E-state index in [1.54, 1.807) is 11.3 Å². The highest BCUT2D eigenvalue weighted by atomic mass is 35.5. The van der Waals surface area contributed by atoms with E-state index in [1.165, 1.54) is 4.90 Å². The van der Waals surface area contributed by atoms with Gasteiger partial charge >= 0.3 is 0 Å². The summed E-state index contributed by atoms with van der Waals surface area (Å²) in [5, 5.41) is 16.2. The molecule has 0 radical (unpaired) electrons. The number of aromatic nitrogens is 1. The number of nitrogens with zero attached hydrogens (tertiary/aromatic N) is 2. The van der Waals surface area contributed by atoms with Crippen LogP contribution in [0.1, 0.15) is 51.4 Å². The van der Waals surface area contributed by atoms with E-state index in [0.29, 0.717) is 19.8 Å². The Morgan fingerprint density at radius 3 is 2.40 bits per heavy atom. The first-order chi connectivity index (χ1) is 19.4. The van der Waals surface area contributed by atoms with Gasteiger partial charge in [-0.1, -0.05) is 45.0 Å². The van der Waals surface area contributed by atoms with E-state index in [-0.39, 0.29) is 50.5 Å². The molecule has 1 aliphatic rings. The van der Waals surface area contributed by atoms with Crippen molar-refractivity contribution in [1.29, 1.82) is 0 Å². The van der Waals surface area contributed by atoms with Gasteiger partial charge in [-0.25, -0.2) is 4.98 Å². The van der Waals surface area contributed by atoms with Gasteiger partial charge < -0.3 is 35.8 Å². The maximum atomic E-state index is 13.7. The van der Waals surface area contributed by atoms with Crippen LogP contribution >= 0.6 is 23.7 Å². The van der Waals surface area contributed by atoms with Crippen molar-refractivity contribution in [2.75, 3.05) is 39.5 Å². The van der Waals surface area contributed by atoms with Crippen LogP contribution in [0.15, 0.2) is 29.8 Å². The molecule has 1 saturated heterocycles. The monoisotopic (exact) mass is 625 g/mol. The minimum atomic E-state index is -0.923. The molecule has 3 rings (SSSR count). The Kier molecular flexibility index (Phi) is 13.8. The van der Waals surface area contributed by atoms with E-state index in [1.807, 2.05) is 64.4 Å². The van der Waals surface area contributed by atoms with Gasteiger partial charge in [0, 0.05) is 19.5 Å². The van der Waals surface area contributed by atoms with Crippen LogP contribution in [0.25, 0.3) is 10.4 Å². The molecular weight excluding hydrogens is 582 g/mol. The lowest BCUT2D eigenvalue weighted by atomic mass is 9.85. The van der Waals surface area contributed by atoms with Crippen LogP contribution in [0, 0.1) is 12.3 Å². The van der Waals surface area contributed by atoms with Crippen molar-refractivity contribution in [3.63, 3.8) is 0 Å². The predicted octanol–water partition coefficient (Wildman–Crippen LogP) is 2.20. The Bertz CT molecular complexity index is 1170. The van der Waals surface area contributed by atoms with Crippen molar-refractivity contribution >= 4 is 41.5 Å². The SMILES string of the molecule is Cc1ncsc1-c1ccc([C@H](C)NC(=O)[C@@H]2C[C@@H](O)CN2C(=O)[C@@H](NC(=O)COCCOCCN)C(C)(C)C)cc1.Cl. The number of hydrogen-bond acceptors (Lipinski definition) is 9. The van der Waals surface area contributed by atoms with Crippen molar-refractivity contribution in [2.45, 2.75) is 65.3 Å². The predicted molar refractivity (Wildman–Crippen MR) is 164 cm³/mol. The molecule has 234 valence electrons. The number of aliphatic hydroxyl groups is 1. The fraction of sp³-hybridized carbons (Fsp3) is 0.586. The van der Waals surface area contributed by atoms with Crippen molar-refractivity contribution in [1.82, 2.24) is 20.5 Å². The number of carbonyl (C=O) groups excluding carboxylic acids is 3. The van der Waals surface area contributed by atoms with Crippen LogP contribution in [0.5, 0.6) is 0 Å². The molecule has 1 aliphatic heterocycles. The van der Waals surface area contributed by atoms with E-state index in [4.69, 9.17) is 15.2 Å². The Morgan fingerprint density at radius 2 is 1.81 bits per heavy atom. The zero-order valence-electron chi connectivity index (χ0n) is 24.9. The van der Waals surface area contributed by atoms with E-state index in [0.717, 1.165) is 21.7 Å². The molecule has 0 bridgehead atoms. The Labute approximate surface area is 257 Å². The number of halogens is 1. The van der Waals surface area contributed by atoms with Gasteiger partial charge in [0.25, 0.3) is 0 Å². The maximum absolute atomic E-state index is 13.7. The van der Waals surface area contributed by atoms with Crippen molar-refractivity contribution in [3.05, 3.63) is 41.0 Å². The van der Waals surface area contributed by atoms with Crippen LogP contribution in [-0.4, -0.2) is 90.4 Å². The fourth-order valence-electron chi connectivity index (χ4n) is 4.69. The third-order valence-electron chi connectivity index (χ3n) is 6.93. The van der Waals surface area contributed by atoms with E-state index in [9.17, 15) is 19.5 Å². The number of β-amino-alcohol motifs (C(OH)–C–C–N with tert-alkyl or cyclic N) is 1. The molecule has 2 aromatic rings. The highest BCUT2D eigenvalue weighted by Crippen LogP contribution is 2.29. The summed E-state index contributed by atoms with van der Waals surface area (Å²) in [6.07, 6.45) is -0.731. The normalized spacial score (nSPS) is 18.2. The fourth-order valence-corrected chi connectivity index (χ4v) is 5.50. The standard InChI is InChI=1S/C29H43N5O6S.ClH/c1-18(20-6-8-21(9-7-20)25-19(2)31-17-41-25)32-27(37)23-14-22(35)15-34(23)28(38)26(29(3,4)5)33-24(36)16-40-13-12-39-11-10-30;/h6-9,17-18,22-23,26,35H,10-16,30H2,1-5H3,(H,32,37)(H,33,36);1H/t18-,22+,23-,26+;/m0./s1. The summed E-state index contributed by atoms with van der Waals surface area (Å²) in [5.74, 6) is -1.24. The van der Waals surface area contributed by atoms with Gasteiger partial charge in [-0.2, -0.15) is 0 Å². The highest BCUT2D eigenvalue weighted by Gasteiger charge is 2.44. The van der Waals surface area contributed by atoms with E-state index < -0.39 is 35.4 Å². The second kappa shape index (κ2) is 16.3. The number of rotatable bonds is 13. The number of benzene rings is 1. The molecule has 2 heterocycles. The second-order valence-electron chi connectivity index (χ2n) is 11.3. The van der Waals surface area contributed by atoms with Gasteiger partial charge in [-0.15, -0.1) is 23.7 Å². The molecule has 0 aliphatic carbocycles. The Balaban J connectivity index is 0.00000616. The van der Waals surface area contributed by atoms with E-state index >= 15 is 0 Å². The topological polar surface area (TPSA) is 156 Å². The first kappa shape index (κ1) is 35.6. The zero-order chi connectivity index (χ0) is 30.2. The van der Waals surface area contributed by atoms with Crippen LogP contribution in [-0.2, 0) is 23.9 Å². The molecule has 0 spiro atoms. The molecule has 13 heteroatoms. The number of aryl methyl sites for hydroxylation is 1. The Morgan fingerprint density at radius 1 is 1.14 bits per heavy atom. The highest BCUT2D eigenvalue weighted by molar-refractivity contribution is 7.13. The summed E-state index contributed by atoms with van der Waals surface area (Å²) in [7, 11) is 0. The number of ether oxygens (including phenoxy) is 2. The third-order valence-corrected chi connectivity index (χ3v) is 7.91. The van der Waals surface area contributed by atoms with Gasteiger partial charge in [0.2, 0.25) is 17.7 Å². The molecule has 5 N–H and O–H groups in total. The second-order valence-corrected chi connectivity index (χ2v) is 12.2. The van der Waals surface area contributed by atoms with E-state index in [2.05, 4.69) is 15.6 Å². The minimum Gasteiger partial charge on any atom is -0.391 e. The average Bonchev–Trinajstić information content (AvgIpc) is 3.53. The first-order valence-corrected chi connectivity index (χ1v) is 14.7. The number of thiazole rings is 1. The van der Waals surface area contributed by atoms with Gasteiger partial charge in [0.1, 0.15) is 18.7 Å². The number of hydrogen-bond donors (Lipinski definition) is 4.